The molecule has 0 saturated carbocycles. The van der Waals surface area contributed by atoms with Crippen molar-refractivity contribution in [1.82, 2.24) is 9.80 Å². The van der Waals surface area contributed by atoms with Crippen LogP contribution in [0.1, 0.15) is 13.3 Å². The van der Waals surface area contributed by atoms with Gasteiger partial charge in [-0.1, -0.05) is 6.92 Å². The van der Waals surface area contributed by atoms with Crippen LogP contribution in [0.25, 0.3) is 0 Å². The maximum Gasteiger partial charge on any atom is 0.226 e. The number of rotatable bonds is 6. The van der Waals surface area contributed by atoms with Crippen molar-refractivity contribution in [3.63, 3.8) is 0 Å². The van der Waals surface area contributed by atoms with Gasteiger partial charge in [-0.3, -0.25) is 4.79 Å². The Labute approximate surface area is 115 Å². The molecular formula is C14H26N2O3. The van der Waals surface area contributed by atoms with Gasteiger partial charge in [0.25, 0.3) is 0 Å². The summed E-state index contributed by atoms with van der Waals surface area (Å²) in [6.07, 6.45) is 0.972. The maximum absolute atomic E-state index is 12.4. The van der Waals surface area contributed by atoms with Gasteiger partial charge in [-0.25, -0.2) is 0 Å². The van der Waals surface area contributed by atoms with E-state index in [1.807, 2.05) is 11.9 Å². The lowest BCUT2D eigenvalue weighted by Gasteiger charge is -2.41. The van der Waals surface area contributed by atoms with Crippen LogP contribution in [0, 0.1) is 11.3 Å². The Hall–Kier alpha value is -0.650. The van der Waals surface area contributed by atoms with E-state index in [-0.39, 0.29) is 17.2 Å². The molecule has 110 valence electrons. The topological polar surface area (TPSA) is 42.0 Å². The number of nitrogens with zero attached hydrogens (tertiary/aromatic N) is 2. The Morgan fingerprint density at radius 3 is 2.84 bits per heavy atom. The predicted molar refractivity (Wildman–Crippen MR) is 73.0 cm³/mol. The van der Waals surface area contributed by atoms with Gasteiger partial charge in [-0.2, -0.15) is 0 Å². The second-order valence-electron chi connectivity index (χ2n) is 6.28. The van der Waals surface area contributed by atoms with E-state index < -0.39 is 0 Å². The quantitative estimate of drug-likeness (QED) is 0.703. The Balaban J connectivity index is 1.76. The first-order chi connectivity index (χ1) is 9.04. The highest BCUT2D eigenvalue weighted by atomic mass is 16.5. The summed E-state index contributed by atoms with van der Waals surface area (Å²) in [5.74, 6) is 0.444. The van der Waals surface area contributed by atoms with Crippen molar-refractivity contribution in [2.45, 2.75) is 13.3 Å². The molecule has 0 bridgehead atoms. The molecule has 5 heteroatoms. The van der Waals surface area contributed by atoms with E-state index in [0.717, 1.165) is 52.4 Å². The largest absolute Gasteiger partial charge is 0.383 e. The lowest BCUT2D eigenvalue weighted by Crippen LogP contribution is -2.50. The van der Waals surface area contributed by atoms with Gasteiger partial charge in [0.1, 0.15) is 0 Å². The Kier molecular flexibility index (Phi) is 4.81. The number of amides is 1. The molecule has 0 aromatic rings. The molecule has 2 heterocycles. The summed E-state index contributed by atoms with van der Waals surface area (Å²) >= 11 is 0. The van der Waals surface area contributed by atoms with Gasteiger partial charge in [0.2, 0.25) is 5.91 Å². The van der Waals surface area contributed by atoms with E-state index in [0.29, 0.717) is 0 Å². The minimum absolute atomic E-state index is 0.159. The highest BCUT2D eigenvalue weighted by Gasteiger charge is 2.37. The van der Waals surface area contributed by atoms with Crippen molar-refractivity contribution < 1.29 is 14.3 Å². The highest BCUT2D eigenvalue weighted by Crippen LogP contribution is 2.28. The first-order valence-electron chi connectivity index (χ1n) is 7.08. The van der Waals surface area contributed by atoms with Crippen molar-refractivity contribution in [2.75, 3.05) is 60.2 Å². The van der Waals surface area contributed by atoms with Crippen LogP contribution in [-0.4, -0.2) is 75.9 Å². The maximum atomic E-state index is 12.4. The summed E-state index contributed by atoms with van der Waals surface area (Å²) in [6, 6.07) is 0. The van der Waals surface area contributed by atoms with Gasteiger partial charge < -0.3 is 19.3 Å². The van der Waals surface area contributed by atoms with Crippen LogP contribution in [0.15, 0.2) is 0 Å². The summed E-state index contributed by atoms with van der Waals surface area (Å²) in [5.41, 5.74) is 0.165. The molecule has 19 heavy (non-hydrogen) atoms. The molecule has 2 saturated heterocycles. The minimum Gasteiger partial charge on any atom is -0.383 e. The van der Waals surface area contributed by atoms with Crippen molar-refractivity contribution in [1.29, 1.82) is 0 Å². The number of carbonyl (C=O) groups is 1. The number of hydrogen-bond donors (Lipinski definition) is 0. The summed E-state index contributed by atoms with van der Waals surface area (Å²) in [4.78, 5) is 16.6. The Morgan fingerprint density at radius 2 is 2.26 bits per heavy atom. The van der Waals surface area contributed by atoms with Gasteiger partial charge in [-0.15, -0.1) is 0 Å². The number of carbonyl (C=O) groups excluding carboxylic acids is 1. The molecule has 0 radical (unpaired) electrons. The molecule has 2 rings (SSSR count). The van der Waals surface area contributed by atoms with Crippen LogP contribution in [-0.2, 0) is 14.3 Å². The van der Waals surface area contributed by atoms with Crippen LogP contribution < -0.4 is 0 Å². The molecule has 2 aliphatic rings. The van der Waals surface area contributed by atoms with E-state index in [9.17, 15) is 4.79 Å². The van der Waals surface area contributed by atoms with Crippen LogP contribution in [0.5, 0.6) is 0 Å². The molecule has 1 atom stereocenters. The standard InChI is InChI=1S/C14H26N2O3/c1-14(10-19-11-14)9-15(2)13(17)12-4-5-16(8-12)6-7-18-3/h12H,4-11H2,1-3H3/t12-/m0/s1. The third kappa shape index (κ3) is 3.68. The first-order valence-corrected chi connectivity index (χ1v) is 7.08. The summed E-state index contributed by atoms with van der Waals surface area (Å²) in [6.45, 7) is 8.08. The zero-order chi connectivity index (χ0) is 13.9. The Bertz CT molecular complexity index is 318. The van der Waals surface area contributed by atoms with E-state index in [2.05, 4.69) is 11.8 Å². The minimum atomic E-state index is 0.159. The monoisotopic (exact) mass is 270 g/mol. The van der Waals surface area contributed by atoms with Crippen LogP contribution in [0.4, 0.5) is 0 Å². The molecule has 2 aliphatic heterocycles. The Morgan fingerprint density at radius 1 is 1.53 bits per heavy atom. The molecule has 5 nitrogen and oxygen atoms in total. The predicted octanol–water partition coefficient (Wildman–Crippen LogP) is 0.450. The fourth-order valence-corrected chi connectivity index (χ4v) is 2.96. The first kappa shape index (κ1) is 14.8. The number of methoxy groups -OCH3 is 1. The van der Waals surface area contributed by atoms with Crippen LogP contribution >= 0.6 is 0 Å². The van der Waals surface area contributed by atoms with E-state index >= 15 is 0 Å². The van der Waals surface area contributed by atoms with E-state index in [1.54, 1.807) is 7.11 Å². The average molecular weight is 270 g/mol. The summed E-state index contributed by atoms with van der Waals surface area (Å²) in [7, 11) is 3.64. The van der Waals surface area contributed by atoms with E-state index in [1.165, 1.54) is 0 Å². The summed E-state index contributed by atoms with van der Waals surface area (Å²) < 4.78 is 10.3. The molecule has 0 aromatic heterocycles. The number of ether oxygens (including phenoxy) is 2. The molecular weight excluding hydrogens is 244 g/mol. The molecule has 0 N–H and O–H groups in total. The van der Waals surface area contributed by atoms with Gasteiger partial charge in [0.15, 0.2) is 0 Å². The molecule has 0 aromatic carbocycles. The fraction of sp³-hybridized carbons (Fsp3) is 0.929. The van der Waals surface area contributed by atoms with Crippen molar-refractivity contribution in [3.8, 4) is 0 Å². The van der Waals surface area contributed by atoms with Crippen molar-refractivity contribution >= 4 is 5.91 Å². The second kappa shape index (κ2) is 6.20. The molecule has 0 unspecified atom stereocenters. The highest BCUT2D eigenvalue weighted by molar-refractivity contribution is 5.79. The molecule has 0 spiro atoms. The van der Waals surface area contributed by atoms with Gasteiger partial charge >= 0.3 is 0 Å². The third-order valence-corrected chi connectivity index (χ3v) is 4.13. The SMILES string of the molecule is COCCN1CC[C@H](C(=O)N(C)CC2(C)COC2)C1. The van der Waals surface area contributed by atoms with Gasteiger partial charge in [0.05, 0.1) is 25.7 Å². The van der Waals surface area contributed by atoms with Gasteiger partial charge in [0, 0.05) is 39.2 Å². The number of hydrogen-bond acceptors (Lipinski definition) is 4. The third-order valence-electron chi connectivity index (χ3n) is 4.13. The lowest BCUT2D eigenvalue weighted by molar-refractivity contribution is -0.145. The second-order valence-corrected chi connectivity index (χ2v) is 6.28. The van der Waals surface area contributed by atoms with Gasteiger partial charge in [-0.05, 0) is 13.0 Å². The zero-order valence-electron chi connectivity index (χ0n) is 12.4. The molecule has 2 fully saturated rings. The molecule has 1 amide bonds. The van der Waals surface area contributed by atoms with Crippen molar-refractivity contribution in [2.24, 2.45) is 11.3 Å². The van der Waals surface area contributed by atoms with E-state index in [4.69, 9.17) is 9.47 Å². The normalized spacial score (nSPS) is 26.2. The average Bonchev–Trinajstić information content (AvgIpc) is 2.82. The van der Waals surface area contributed by atoms with Crippen molar-refractivity contribution in [3.05, 3.63) is 0 Å². The van der Waals surface area contributed by atoms with Crippen LogP contribution in [0.3, 0.4) is 0 Å². The zero-order valence-corrected chi connectivity index (χ0v) is 12.4. The van der Waals surface area contributed by atoms with Crippen LogP contribution in [0.2, 0.25) is 0 Å². The fourth-order valence-electron chi connectivity index (χ4n) is 2.96. The number of likely N-dealkylation sites (tertiary alicyclic amines) is 1. The molecule has 0 aliphatic carbocycles. The summed E-state index contributed by atoms with van der Waals surface area (Å²) in [5, 5.41) is 0. The smallest absolute Gasteiger partial charge is 0.226 e. The lowest BCUT2D eigenvalue weighted by atomic mass is 9.88.